The fourth-order valence-corrected chi connectivity index (χ4v) is 4.15. The number of nitriles is 1. The minimum absolute atomic E-state index is 0.0267. The number of ether oxygens (including phenoxy) is 1. The standard InChI is InChI=1S/C34H28N4O2/c1-24-11-15-26(16-12-24)23-40-32-10-6-7-27(20-32)33-29(22-38(37-33)31-8-4-3-5-9-31)19-28(21-35)34(39)36-30-17-13-25(2)14-18-30/h3-20,22H,23H2,1-2H3,(H,36,39)/b28-19-. The van der Waals surface area contributed by atoms with Gasteiger partial charge in [0.05, 0.1) is 5.69 Å². The molecule has 1 aromatic heterocycles. The number of anilines is 1. The first-order chi connectivity index (χ1) is 19.5. The van der Waals surface area contributed by atoms with Crippen molar-refractivity contribution in [3.05, 3.63) is 137 Å². The van der Waals surface area contributed by atoms with Crippen molar-refractivity contribution in [3.63, 3.8) is 0 Å². The van der Waals surface area contributed by atoms with E-state index in [1.54, 1.807) is 10.8 Å². The van der Waals surface area contributed by atoms with E-state index in [4.69, 9.17) is 9.84 Å². The Morgan fingerprint density at radius 3 is 2.33 bits per heavy atom. The number of hydrogen-bond acceptors (Lipinski definition) is 4. The van der Waals surface area contributed by atoms with Gasteiger partial charge in [-0.05, 0) is 61.9 Å². The third-order valence-corrected chi connectivity index (χ3v) is 6.37. The Balaban J connectivity index is 1.48. The summed E-state index contributed by atoms with van der Waals surface area (Å²) < 4.78 is 7.82. The summed E-state index contributed by atoms with van der Waals surface area (Å²) in [5, 5.41) is 17.5. The number of para-hydroxylation sites is 1. The predicted molar refractivity (Wildman–Crippen MR) is 158 cm³/mol. The highest BCUT2D eigenvalue weighted by Gasteiger charge is 2.16. The highest BCUT2D eigenvalue weighted by Crippen LogP contribution is 2.29. The summed E-state index contributed by atoms with van der Waals surface area (Å²) in [6.07, 6.45) is 3.39. The lowest BCUT2D eigenvalue weighted by atomic mass is 10.1. The Kier molecular flexibility index (Phi) is 7.84. The van der Waals surface area contributed by atoms with Gasteiger partial charge in [-0.15, -0.1) is 0 Å². The highest BCUT2D eigenvalue weighted by molar-refractivity contribution is 6.10. The molecular weight excluding hydrogens is 496 g/mol. The molecule has 1 N–H and O–H groups in total. The van der Waals surface area contributed by atoms with Crippen LogP contribution in [-0.2, 0) is 11.4 Å². The van der Waals surface area contributed by atoms with Crippen LogP contribution in [0.4, 0.5) is 5.69 Å². The van der Waals surface area contributed by atoms with Crippen LogP contribution in [0.2, 0.25) is 0 Å². The minimum Gasteiger partial charge on any atom is -0.489 e. The van der Waals surface area contributed by atoms with Gasteiger partial charge in [-0.2, -0.15) is 10.4 Å². The number of hydrogen-bond donors (Lipinski definition) is 1. The highest BCUT2D eigenvalue weighted by atomic mass is 16.5. The molecule has 5 aromatic rings. The van der Waals surface area contributed by atoms with Crippen LogP contribution in [0.1, 0.15) is 22.3 Å². The first-order valence-corrected chi connectivity index (χ1v) is 12.9. The molecule has 0 fully saturated rings. The van der Waals surface area contributed by atoms with Crippen LogP contribution in [0.5, 0.6) is 5.75 Å². The minimum atomic E-state index is -0.486. The molecule has 4 aromatic carbocycles. The SMILES string of the molecule is Cc1ccc(COc2cccc(-c3nn(-c4ccccc4)cc3/C=C(/C#N)C(=O)Nc3ccc(C)cc3)c2)cc1. The largest absolute Gasteiger partial charge is 0.489 e. The summed E-state index contributed by atoms with van der Waals surface area (Å²) in [4.78, 5) is 13.0. The maximum absolute atomic E-state index is 13.0. The lowest BCUT2D eigenvalue weighted by Gasteiger charge is -2.08. The molecule has 0 spiro atoms. The Morgan fingerprint density at radius 2 is 1.62 bits per heavy atom. The van der Waals surface area contributed by atoms with Crippen LogP contribution >= 0.6 is 0 Å². The van der Waals surface area contributed by atoms with E-state index in [2.05, 4.69) is 42.6 Å². The molecule has 0 bridgehead atoms. The van der Waals surface area contributed by atoms with Gasteiger partial charge in [0.15, 0.2) is 0 Å². The molecule has 5 rings (SSSR count). The van der Waals surface area contributed by atoms with Crippen LogP contribution in [0.3, 0.4) is 0 Å². The molecule has 0 unspecified atom stereocenters. The topological polar surface area (TPSA) is 79.9 Å². The van der Waals surface area contributed by atoms with Crippen molar-refractivity contribution in [1.82, 2.24) is 9.78 Å². The number of benzene rings is 4. The smallest absolute Gasteiger partial charge is 0.266 e. The third-order valence-electron chi connectivity index (χ3n) is 6.37. The molecule has 0 aliphatic rings. The molecule has 196 valence electrons. The average Bonchev–Trinajstić information content (AvgIpc) is 3.41. The zero-order chi connectivity index (χ0) is 27.9. The summed E-state index contributed by atoms with van der Waals surface area (Å²) in [5.74, 6) is 0.208. The lowest BCUT2D eigenvalue weighted by Crippen LogP contribution is -2.13. The lowest BCUT2D eigenvalue weighted by molar-refractivity contribution is -0.112. The van der Waals surface area contributed by atoms with Gasteiger partial charge in [0, 0.05) is 23.0 Å². The second kappa shape index (κ2) is 12.0. The fourth-order valence-electron chi connectivity index (χ4n) is 4.15. The van der Waals surface area contributed by atoms with Crippen LogP contribution in [0.25, 0.3) is 23.0 Å². The number of nitrogens with zero attached hydrogens (tertiary/aromatic N) is 3. The first kappa shape index (κ1) is 26.2. The summed E-state index contributed by atoms with van der Waals surface area (Å²) in [6.45, 7) is 4.46. The molecule has 0 atom stereocenters. The molecule has 40 heavy (non-hydrogen) atoms. The summed E-state index contributed by atoms with van der Waals surface area (Å²) in [7, 11) is 0. The third kappa shape index (κ3) is 6.35. The van der Waals surface area contributed by atoms with Crippen LogP contribution < -0.4 is 10.1 Å². The number of aryl methyl sites for hydroxylation is 2. The molecule has 6 heteroatoms. The quantitative estimate of drug-likeness (QED) is 0.171. The zero-order valence-corrected chi connectivity index (χ0v) is 22.3. The molecule has 0 aliphatic heterocycles. The Morgan fingerprint density at radius 1 is 0.925 bits per heavy atom. The summed E-state index contributed by atoms with van der Waals surface area (Å²) >= 11 is 0. The monoisotopic (exact) mass is 524 g/mol. The molecule has 1 heterocycles. The van der Waals surface area contributed by atoms with Crippen molar-refractivity contribution < 1.29 is 9.53 Å². The van der Waals surface area contributed by atoms with Gasteiger partial charge in [-0.25, -0.2) is 4.68 Å². The van der Waals surface area contributed by atoms with Crippen molar-refractivity contribution >= 4 is 17.7 Å². The average molecular weight is 525 g/mol. The number of rotatable bonds is 8. The van der Waals surface area contributed by atoms with Crippen molar-refractivity contribution in [1.29, 1.82) is 5.26 Å². The van der Waals surface area contributed by atoms with Gasteiger partial charge in [0.25, 0.3) is 5.91 Å². The second-order valence-corrected chi connectivity index (χ2v) is 9.51. The van der Waals surface area contributed by atoms with E-state index in [0.29, 0.717) is 29.3 Å². The van der Waals surface area contributed by atoms with Gasteiger partial charge in [-0.3, -0.25) is 4.79 Å². The summed E-state index contributed by atoms with van der Waals surface area (Å²) in [5.41, 5.74) is 6.87. The summed E-state index contributed by atoms with van der Waals surface area (Å²) in [6, 6.07) is 35.1. The van der Waals surface area contributed by atoms with E-state index < -0.39 is 5.91 Å². The molecule has 1 amide bonds. The van der Waals surface area contributed by atoms with E-state index in [1.807, 2.05) is 92.0 Å². The van der Waals surface area contributed by atoms with Crippen molar-refractivity contribution in [2.75, 3.05) is 5.32 Å². The Hall–Kier alpha value is -5.41. The number of carbonyl (C=O) groups excluding carboxylic acids is 1. The molecule has 0 saturated heterocycles. The van der Waals surface area contributed by atoms with Crippen molar-refractivity contribution in [2.24, 2.45) is 0 Å². The number of aromatic nitrogens is 2. The first-order valence-electron chi connectivity index (χ1n) is 12.9. The van der Waals surface area contributed by atoms with Crippen LogP contribution in [0.15, 0.2) is 115 Å². The number of carbonyl (C=O) groups is 1. The predicted octanol–water partition coefficient (Wildman–Crippen LogP) is 7.28. The van der Waals surface area contributed by atoms with Gasteiger partial charge < -0.3 is 10.1 Å². The molecular formula is C34H28N4O2. The van der Waals surface area contributed by atoms with Crippen molar-refractivity contribution in [2.45, 2.75) is 20.5 Å². The van der Waals surface area contributed by atoms with Crippen LogP contribution in [0, 0.1) is 25.2 Å². The van der Waals surface area contributed by atoms with Gasteiger partial charge >= 0.3 is 0 Å². The van der Waals surface area contributed by atoms with E-state index in [9.17, 15) is 10.1 Å². The molecule has 0 radical (unpaired) electrons. The van der Waals surface area contributed by atoms with E-state index in [-0.39, 0.29) is 5.57 Å². The van der Waals surface area contributed by atoms with E-state index in [0.717, 1.165) is 22.4 Å². The van der Waals surface area contributed by atoms with Gasteiger partial charge in [-0.1, -0.05) is 77.9 Å². The fraction of sp³-hybridized carbons (Fsp3) is 0.0882. The Labute approximate surface area is 233 Å². The van der Waals surface area contributed by atoms with Gasteiger partial charge in [0.2, 0.25) is 0 Å². The second-order valence-electron chi connectivity index (χ2n) is 9.51. The number of amides is 1. The van der Waals surface area contributed by atoms with Gasteiger partial charge in [0.1, 0.15) is 29.7 Å². The zero-order valence-electron chi connectivity index (χ0n) is 22.3. The van der Waals surface area contributed by atoms with E-state index in [1.165, 1.54) is 5.56 Å². The molecule has 0 saturated carbocycles. The normalized spacial score (nSPS) is 11.1. The van der Waals surface area contributed by atoms with E-state index >= 15 is 0 Å². The Bertz CT molecular complexity index is 1690. The maximum Gasteiger partial charge on any atom is 0.266 e. The number of nitrogens with one attached hydrogen (secondary N) is 1. The van der Waals surface area contributed by atoms with Crippen LogP contribution in [-0.4, -0.2) is 15.7 Å². The molecule has 0 aliphatic carbocycles. The van der Waals surface area contributed by atoms with Crippen molar-refractivity contribution in [3.8, 4) is 28.8 Å². The molecule has 6 nitrogen and oxygen atoms in total. The maximum atomic E-state index is 13.0.